The lowest BCUT2D eigenvalue weighted by atomic mass is 9.93. The topological polar surface area (TPSA) is 353 Å². The second-order valence-electron chi connectivity index (χ2n) is 37.7. The second kappa shape index (κ2) is 52.7. The number of benzene rings is 9. The van der Waals surface area contributed by atoms with Crippen molar-refractivity contribution in [1.29, 1.82) is 0 Å². The number of phenols is 1. The van der Waals surface area contributed by atoms with Gasteiger partial charge in [0.1, 0.15) is 17.3 Å². The van der Waals surface area contributed by atoms with Gasteiger partial charge >= 0.3 is 0 Å². The number of aliphatic hydroxyl groups excluding tert-OH is 3. The molecular formula is C115H134Cl2FN15O14. The zero-order chi connectivity index (χ0) is 105. The number of hydrogen-bond acceptors (Lipinski definition) is 17. The average Bonchev–Trinajstić information content (AvgIpc) is 1.64. The Morgan fingerprint density at radius 3 is 1.00 bits per heavy atom. The van der Waals surface area contributed by atoms with Gasteiger partial charge in [-0.05, 0) is 238 Å². The molecule has 29 nitrogen and oxygen atoms in total. The number of nitrogens with zero attached hydrogens (tertiary/aromatic N) is 12. The van der Waals surface area contributed by atoms with E-state index in [1.807, 2.05) is 108 Å². The van der Waals surface area contributed by atoms with E-state index < -0.39 is 29.8 Å². The monoisotopic (exact) mass is 2040 g/mol. The van der Waals surface area contributed by atoms with Crippen molar-refractivity contribution in [3.05, 3.63) is 323 Å². The molecule has 9 amide bonds. The normalized spacial score (nSPS) is 14.0. The van der Waals surface area contributed by atoms with Crippen molar-refractivity contribution in [2.45, 2.75) is 216 Å². The number of phenolic OH excluding ortho intramolecular Hbond substituents is 1. The maximum atomic E-state index is 14.6. The highest BCUT2D eigenvalue weighted by molar-refractivity contribution is 6.32. The molecule has 0 unspecified atom stereocenters. The summed E-state index contributed by atoms with van der Waals surface area (Å²) in [4.78, 5) is 134. The molecule has 6 heterocycles. The molecule has 3 atom stereocenters. The molecule has 0 radical (unpaired) electrons. The van der Waals surface area contributed by atoms with Gasteiger partial charge in [-0.3, -0.25) is 43.2 Å². The van der Waals surface area contributed by atoms with Crippen LogP contribution in [0.15, 0.2) is 206 Å². The predicted molar refractivity (Wildman–Crippen MR) is 569 cm³/mol. The van der Waals surface area contributed by atoms with E-state index >= 15 is 0 Å². The van der Waals surface area contributed by atoms with E-state index in [2.05, 4.69) is 57.5 Å². The van der Waals surface area contributed by atoms with E-state index in [4.69, 9.17) is 43.2 Å². The molecule has 32 heteroatoms. The fourth-order valence-corrected chi connectivity index (χ4v) is 19.1. The van der Waals surface area contributed by atoms with Crippen molar-refractivity contribution in [2.24, 2.45) is 0 Å². The van der Waals surface area contributed by atoms with Gasteiger partial charge < -0.3 is 70.5 Å². The standard InChI is InChI=1S/C39H46ClN5O5.C38H43ClFN5O4.C38H45N5O5/c1-5-7-17-43(18-8-6-2)39(49)34-19-26(3)45(42-34)35-15-14-30(41-37(47)21-27-13-16-36(50-4)33(40)20-27)23-32(35)38(48)44-24-29-12-10-9-11-28(29)22-31(44)25-46;1-4-6-16-43(17-7-5-2)38(49)34-18-25(3)45(42-34)35-15-14-30(41-36(47)20-27-12-13-29(40)21-33(27)39)22-32(35)37(48)44-23-28-11-9-8-10-26(28)19-31(44)24-46;1-4-6-18-41(19-7-5-2)38(48)34-20-26(3)43(40-34)35-17-14-30(39-36(46)21-27-12-15-32(45)16-13-27)23-33(35)37(47)42-24-29-11-9-8-10-28(29)22-31(42)25-44/h9-16,19-20,23,31,46H,5-8,17-18,21-22,24-25H2,1-4H3,(H,41,47);8-15,18,21-22,31,46H,4-7,16-17,19-20,23-24H2,1-3H3,(H,41,47);8-17,20,23,31,44-45H,4-7,18-19,21-22,24-25H2,1-3H3,(H,39,46)/t3*31-/m000/s1. The summed E-state index contributed by atoms with van der Waals surface area (Å²) in [7, 11) is 1.53. The Morgan fingerprint density at radius 2 is 0.694 bits per heavy atom. The number of anilines is 3. The SMILES string of the molecule is CCCCN(CCCC)C(=O)c1cc(C)n(-c2ccc(NC(=O)Cc3ccc(F)cc3Cl)cc2C(=O)N2Cc3ccccc3C[C@H]2CO)n1.CCCCN(CCCC)C(=O)c1cc(C)n(-c2ccc(NC(=O)Cc3ccc(O)cc3)cc2C(=O)N2Cc3ccccc3C[C@H]2CO)n1.CCCCN(CCCC)C(=O)c1cc(C)n(-c2ccc(NC(=O)Cc3ccc(OC)c(Cl)c3)cc2C(=O)N2Cc3ccccc3C[C@H]2CO)n1. The van der Waals surface area contributed by atoms with Crippen molar-refractivity contribution in [2.75, 3.05) is 82.1 Å². The third-order valence-corrected chi connectivity index (χ3v) is 27.5. The van der Waals surface area contributed by atoms with Gasteiger partial charge in [0, 0.05) is 98.1 Å². The molecule has 12 aromatic rings. The fourth-order valence-electron chi connectivity index (χ4n) is 18.6. The highest BCUT2D eigenvalue weighted by Gasteiger charge is 2.38. The van der Waals surface area contributed by atoms with Crippen LogP contribution in [0.25, 0.3) is 17.1 Å². The smallest absolute Gasteiger partial charge is 0.274 e. The summed E-state index contributed by atoms with van der Waals surface area (Å²) in [6, 6.07) is 58.1. The van der Waals surface area contributed by atoms with Gasteiger partial charge in [0.25, 0.3) is 35.4 Å². The number of fused-ring (bicyclic) bond motifs is 3. The number of carbonyl (C=O) groups excluding carboxylic acids is 9. The van der Waals surface area contributed by atoms with E-state index in [-0.39, 0.29) is 119 Å². The maximum absolute atomic E-state index is 14.6. The number of nitrogens with one attached hydrogen (secondary N) is 3. The minimum Gasteiger partial charge on any atom is -0.508 e. The summed E-state index contributed by atoms with van der Waals surface area (Å²) in [5.74, 6) is -2.26. The number of carbonyl (C=O) groups is 9. The quantitative estimate of drug-likeness (QED) is 0.0188. The van der Waals surface area contributed by atoms with Crippen LogP contribution in [-0.2, 0) is 72.5 Å². The molecule has 0 bridgehead atoms. The van der Waals surface area contributed by atoms with Crippen LogP contribution in [0.1, 0.15) is 248 Å². The molecule has 0 saturated carbocycles. The van der Waals surface area contributed by atoms with Crippen LogP contribution in [0.3, 0.4) is 0 Å². The summed E-state index contributed by atoms with van der Waals surface area (Å²) in [6.07, 6.45) is 12.8. The molecule has 147 heavy (non-hydrogen) atoms. The van der Waals surface area contributed by atoms with Gasteiger partial charge in [-0.2, -0.15) is 15.3 Å². The molecule has 0 fully saturated rings. The first-order valence-corrected chi connectivity index (χ1v) is 51.7. The van der Waals surface area contributed by atoms with E-state index in [1.54, 1.807) is 132 Å². The number of aromatic nitrogens is 6. The first-order valence-electron chi connectivity index (χ1n) is 50.9. The molecule has 3 aliphatic rings. The number of methoxy groups -OCH3 is 1. The number of aromatic hydroxyl groups is 1. The Kier molecular flexibility index (Phi) is 39.5. The lowest BCUT2D eigenvalue weighted by Gasteiger charge is -2.36. The van der Waals surface area contributed by atoms with E-state index in [1.165, 1.54) is 31.4 Å². The van der Waals surface area contributed by atoms with Crippen LogP contribution >= 0.6 is 23.2 Å². The molecule has 3 aromatic heterocycles. The molecule has 9 aromatic carbocycles. The molecule has 3 aliphatic heterocycles. The van der Waals surface area contributed by atoms with Gasteiger partial charge in [0.05, 0.1) is 103 Å². The number of ether oxygens (including phenoxy) is 1. The first-order chi connectivity index (χ1) is 71.0. The van der Waals surface area contributed by atoms with Crippen LogP contribution in [-0.4, -0.2) is 217 Å². The summed E-state index contributed by atoms with van der Waals surface area (Å²) in [5.41, 5.74) is 14.5. The maximum Gasteiger partial charge on any atom is 0.274 e. The molecule has 774 valence electrons. The Morgan fingerprint density at radius 1 is 0.381 bits per heavy atom. The van der Waals surface area contributed by atoms with E-state index in [0.29, 0.717) is 163 Å². The highest BCUT2D eigenvalue weighted by atomic mass is 35.5. The molecule has 0 aliphatic carbocycles. The van der Waals surface area contributed by atoms with Gasteiger partial charge in [-0.25, -0.2) is 18.4 Å². The number of aliphatic hydroxyl groups is 3. The Balaban J connectivity index is 0.000000184. The molecule has 0 saturated heterocycles. The largest absolute Gasteiger partial charge is 0.508 e. The summed E-state index contributed by atoms with van der Waals surface area (Å²) in [6.45, 7) is 22.3. The van der Waals surface area contributed by atoms with Crippen LogP contribution in [0.2, 0.25) is 10.0 Å². The predicted octanol–water partition coefficient (Wildman–Crippen LogP) is 19.1. The third-order valence-electron chi connectivity index (χ3n) is 26.8. The van der Waals surface area contributed by atoms with Crippen LogP contribution in [0.4, 0.5) is 21.5 Å². The van der Waals surface area contributed by atoms with Crippen molar-refractivity contribution in [1.82, 2.24) is 58.7 Å². The van der Waals surface area contributed by atoms with Crippen molar-refractivity contribution in [3.8, 4) is 28.6 Å². The Bertz CT molecular complexity index is 6640. The summed E-state index contributed by atoms with van der Waals surface area (Å²) < 4.78 is 23.6. The Hall–Kier alpha value is -14.2. The van der Waals surface area contributed by atoms with Gasteiger partial charge in [-0.15, -0.1) is 0 Å². The number of halogens is 3. The van der Waals surface area contributed by atoms with E-state index in [0.717, 1.165) is 122 Å². The highest BCUT2D eigenvalue weighted by Crippen LogP contribution is 2.36. The zero-order valence-corrected chi connectivity index (χ0v) is 87.0. The average molecular weight is 2040 g/mol. The molecule has 0 spiro atoms. The van der Waals surface area contributed by atoms with Gasteiger partial charge in [-0.1, -0.05) is 200 Å². The second-order valence-corrected chi connectivity index (χ2v) is 38.5. The van der Waals surface area contributed by atoms with Gasteiger partial charge in [0.2, 0.25) is 17.7 Å². The third kappa shape index (κ3) is 28.0. The minimum atomic E-state index is -0.497. The van der Waals surface area contributed by atoms with Crippen molar-refractivity contribution >= 4 is 93.4 Å². The summed E-state index contributed by atoms with van der Waals surface area (Å²) in [5, 5.41) is 64.1. The number of rotatable bonds is 40. The van der Waals surface area contributed by atoms with Crippen molar-refractivity contribution < 1.29 is 72.7 Å². The van der Waals surface area contributed by atoms with Gasteiger partial charge in [0.15, 0.2) is 17.1 Å². The van der Waals surface area contributed by atoms with Crippen LogP contribution in [0, 0.1) is 26.6 Å². The van der Waals surface area contributed by atoms with Crippen LogP contribution in [0.5, 0.6) is 11.5 Å². The van der Waals surface area contributed by atoms with Crippen LogP contribution < -0.4 is 20.7 Å². The Labute approximate surface area is 869 Å². The summed E-state index contributed by atoms with van der Waals surface area (Å²) >= 11 is 12.4. The number of aryl methyl sites for hydroxylation is 3. The number of hydrogen-bond donors (Lipinski definition) is 7. The van der Waals surface area contributed by atoms with E-state index in [9.17, 15) is 68.0 Å². The zero-order valence-electron chi connectivity index (χ0n) is 85.4. The first kappa shape index (κ1) is 110. The molecule has 15 rings (SSSR count). The fraction of sp³-hybridized carbons (Fsp3) is 0.374. The number of unbranched alkanes of at least 4 members (excludes halogenated alkanes) is 6. The number of amides is 9. The minimum absolute atomic E-state index is 0.0561. The lowest BCUT2D eigenvalue weighted by Crippen LogP contribution is -2.46. The van der Waals surface area contributed by atoms with Crippen molar-refractivity contribution in [3.63, 3.8) is 0 Å². The lowest BCUT2D eigenvalue weighted by molar-refractivity contribution is -0.116. The molecule has 7 N–H and O–H groups in total. The molecular weight excluding hydrogens is 1910 g/mol.